The van der Waals surface area contributed by atoms with Gasteiger partial charge in [-0.1, -0.05) is 35.9 Å². The lowest BCUT2D eigenvalue weighted by Crippen LogP contribution is -2.39. The molecule has 41 heavy (non-hydrogen) atoms. The maximum absolute atomic E-state index is 13.5. The number of rotatable bonds is 11. The van der Waals surface area contributed by atoms with E-state index in [1.54, 1.807) is 66.7 Å². The lowest BCUT2D eigenvalue weighted by molar-refractivity contribution is -0.119. The topological polar surface area (TPSA) is 117 Å². The average molecular weight is 595 g/mol. The molecule has 0 heterocycles. The highest BCUT2D eigenvalue weighted by Gasteiger charge is 2.27. The molecule has 0 atom stereocenters. The molecule has 2 amide bonds. The molecule has 2 N–H and O–H groups in total. The van der Waals surface area contributed by atoms with Gasteiger partial charge in [0.2, 0.25) is 0 Å². The molecule has 0 aliphatic carbocycles. The van der Waals surface area contributed by atoms with E-state index in [9.17, 15) is 22.4 Å². The van der Waals surface area contributed by atoms with Gasteiger partial charge in [-0.3, -0.25) is 13.9 Å². The number of hydrogen-bond acceptors (Lipinski definition) is 6. The smallest absolute Gasteiger partial charge is 0.264 e. The molecule has 0 saturated carbocycles. The van der Waals surface area contributed by atoms with Crippen LogP contribution in [-0.4, -0.2) is 39.6 Å². The summed E-state index contributed by atoms with van der Waals surface area (Å²) in [4.78, 5) is 24.7. The first-order chi connectivity index (χ1) is 19.7. The lowest BCUT2D eigenvalue weighted by Gasteiger charge is -2.23. The van der Waals surface area contributed by atoms with Crippen LogP contribution in [-0.2, 0) is 19.6 Å². The number of amides is 2. The van der Waals surface area contributed by atoms with Gasteiger partial charge in [0.1, 0.15) is 18.1 Å². The third-order valence-corrected chi connectivity index (χ3v) is 7.52. The second-order valence-corrected chi connectivity index (χ2v) is 10.8. The van der Waals surface area contributed by atoms with Gasteiger partial charge in [-0.05, 0) is 84.4 Å². The fourth-order valence-electron chi connectivity index (χ4n) is 3.55. The van der Waals surface area contributed by atoms with Crippen molar-refractivity contribution in [2.24, 2.45) is 5.10 Å². The molecule has 0 saturated heterocycles. The molecule has 0 aliphatic rings. The molecule has 0 fully saturated rings. The Hall–Kier alpha value is -4.74. The zero-order valence-corrected chi connectivity index (χ0v) is 23.0. The van der Waals surface area contributed by atoms with Gasteiger partial charge in [0, 0.05) is 10.7 Å². The van der Waals surface area contributed by atoms with Crippen LogP contribution in [0.1, 0.15) is 5.56 Å². The van der Waals surface area contributed by atoms with Crippen molar-refractivity contribution in [1.29, 1.82) is 0 Å². The first-order valence-electron chi connectivity index (χ1n) is 12.1. The van der Waals surface area contributed by atoms with Crippen LogP contribution < -0.4 is 19.8 Å². The van der Waals surface area contributed by atoms with Crippen LogP contribution in [0.4, 0.5) is 15.8 Å². The summed E-state index contributed by atoms with van der Waals surface area (Å²) in [7, 11) is -4.13. The van der Waals surface area contributed by atoms with Gasteiger partial charge in [-0.25, -0.2) is 18.2 Å². The Morgan fingerprint density at radius 3 is 2.29 bits per heavy atom. The quantitative estimate of drug-likeness (QED) is 0.190. The summed E-state index contributed by atoms with van der Waals surface area (Å²) in [5.41, 5.74) is 3.58. The van der Waals surface area contributed by atoms with E-state index in [4.69, 9.17) is 16.3 Å². The van der Waals surface area contributed by atoms with E-state index in [0.29, 0.717) is 22.0 Å². The summed E-state index contributed by atoms with van der Waals surface area (Å²) in [6.07, 6.45) is 1.36. The van der Waals surface area contributed by atoms with Gasteiger partial charge < -0.3 is 10.1 Å². The van der Waals surface area contributed by atoms with E-state index in [1.165, 1.54) is 30.5 Å². The van der Waals surface area contributed by atoms with Crippen molar-refractivity contribution in [1.82, 2.24) is 5.43 Å². The van der Waals surface area contributed by atoms with Gasteiger partial charge >= 0.3 is 0 Å². The maximum Gasteiger partial charge on any atom is 0.264 e. The summed E-state index contributed by atoms with van der Waals surface area (Å²) in [6, 6.07) is 25.7. The standard InChI is InChI=1S/C29H24ClFN4O5S/c30-22-5-4-6-24(17-22)33-29(37)20-40-26-15-9-21(10-16-26)18-32-34-28(36)19-35(25-13-11-23(31)12-14-25)41(38,39)27-7-2-1-3-8-27/h1-18H,19-20H2,(H,33,37)(H,34,36)/b32-18-. The van der Waals surface area contributed by atoms with Crippen LogP contribution in [0.15, 0.2) is 113 Å². The minimum Gasteiger partial charge on any atom is -0.484 e. The molecule has 12 heteroatoms. The number of ether oxygens (including phenoxy) is 1. The Bertz CT molecular complexity index is 1630. The minimum absolute atomic E-state index is 0.0233. The number of hydrazone groups is 1. The molecule has 0 aromatic heterocycles. The Labute approximate surface area is 241 Å². The number of sulfonamides is 1. The summed E-state index contributed by atoms with van der Waals surface area (Å²) >= 11 is 5.91. The van der Waals surface area contributed by atoms with Gasteiger partial charge in [0.15, 0.2) is 6.61 Å². The number of benzene rings is 4. The third-order valence-electron chi connectivity index (χ3n) is 5.49. The van der Waals surface area contributed by atoms with Crippen molar-refractivity contribution in [3.05, 3.63) is 120 Å². The zero-order chi connectivity index (χ0) is 29.2. The first kappa shape index (κ1) is 29.2. The van der Waals surface area contributed by atoms with Gasteiger partial charge in [0.05, 0.1) is 16.8 Å². The molecule has 0 unspecified atom stereocenters. The number of nitrogens with zero attached hydrogens (tertiary/aromatic N) is 2. The van der Waals surface area contributed by atoms with Crippen molar-refractivity contribution >= 4 is 51.0 Å². The number of anilines is 2. The highest BCUT2D eigenvalue weighted by Crippen LogP contribution is 2.24. The first-order valence-corrected chi connectivity index (χ1v) is 14.0. The molecule has 0 bridgehead atoms. The molecule has 4 aromatic rings. The normalized spacial score (nSPS) is 11.2. The molecule has 0 spiro atoms. The second-order valence-electron chi connectivity index (χ2n) is 8.51. The molecular formula is C29H24ClFN4O5S. The fourth-order valence-corrected chi connectivity index (χ4v) is 5.18. The van der Waals surface area contributed by atoms with Crippen LogP contribution in [0.5, 0.6) is 5.75 Å². The van der Waals surface area contributed by atoms with Crippen molar-refractivity contribution in [3.63, 3.8) is 0 Å². The van der Waals surface area contributed by atoms with Crippen molar-refractivity contribution in [2.75, 3.05) is 22.8 Å². The van der Waals surface area contributed by atoms with E-state index in [1.807, 2.05) is 0 Å². The van der Waals surface area contributed by atoms with E-state index in [-0.39, 0.29) is 23.1 Å². The summed E-state index contributed by atoms with van der Waals surface area (Å²) in [5.74, 6) is -1.18. The predicted octanol–water partition coefficient (Wildman–Crippen LogP) is 4.84. The third kappa shape index (κ3) is 8.37. The van der Waals surface area contributed by atoms with Crippen LogP contribution in [0.2, 0.25) is 5.02 Å². The number of hydrogen-bond donors (Lipinski definition) is 2. The Balaban J connectivity index is 1.33. The largest absolute Gasteiger partial charge is 0.484 e. The van der Waals surface area contributed by atoms with Crippen molar-refractivity contribution in [3.8, 4) is 5.75 Å². The highest BCUT2D eigenvalue weighted by atomic mass is 35.5. The van der Waals surface area contributed by atoms with Gasteiger partial charge in [0.25, 0.3) is 21.8 Å². The fraction of sp³-hybridized carbons (Fsp3) is 0.0690. The Morgan fingerprint density at radius 1 is 0.902 bits per heavy atom. The zero-order valence-electron chi connectivity index (χ0n) is 21.4. The molecule has 210 valence electrons. The van der Waals surface area contributed by atoms with Gasteiger partial charge in [-0.2, -0.15) is 5.10 Å². The van der Waals surface area contributed by atoms with E-state index in [0.717, 1.165) is 16.4 Å². The Kier molecular flexibility index (Phi) is 9.67. The number of nitrogens with one attached hydrogen (secondary N) is 2. The highest BCUT2D eigenvalue weighted by molar-refractivity contribution is 7.92. The summed E-state index contributed by atoms with van der Waals surface area (Å²) in [5, 5.41) is 7.07. The molecule has 4 aromatic carbocycles. The van der Waals surface area contributed by atoms with E-state index >= 15 is 0 Å². The van der Waals surface area contributed by atoms with Crippen molar-refractivity contribution in [2.45, 2.75) is 4.90 Å². The number of carbonyl (C=O) groups excluding carboxylic acids is 2. The SMILES string of the molecule is O=C(CN(c1ccc(F)cc1)S(=O)(=O)c1ccccc1)N/N=C\c1ccc(OCC(=O)Nc2cccc(Cl)c2)cc1. The van der Waals surface area contributed by atoms with Gasteiger partial charge in [-0.15, -0.1) is 0 Å². The number of halogens is 2. The molecular weight excluding hydrogens is 571 g/mol. The van der Waals surface area contributed by atoms with Crippen LogP contribution in [0.3, 0.4) is 0 Å². The lowest BCUT2D eigenvalue weighted by atomic mass is 10.2. The predicted molar refractivity (Wildman–Crippen MR) is 155 cm³/mol. The molecule has 4 rings (SSSR count). The summed E-state index contributed by atoms with van der Waals surface area (Å²) in [6.45, 7) is -0.809. The number of carbonyl (C=O) groups is 2. The molecule has 0 radical (unpaired) electrons. The van der Waals surface area contributed by atoms with E-state index < -0.39 is 28.3 Å². The van der Waals surface area contributed by atoms with Crippen LogP contribution >= 0.6 is 11.6 Å². The minimum atomic E-state index is -4.13. The maximum atomic E-state index is 13.5. The van der Waals surface area contributed by atoms with Crippen LogP contribution in [0.25, 0.3) is 0 Å². The average Bonchev–Trinajstić information content (AvgIpc) is 2.96. The van der Waals surface area contributed by atoms with E-state index in [2.05, 4.69) is 15.8 Å². The Morgan fingerprint density at radius 2 is 1.61 bits per heavy atom. The molecule has 0 aliphatic heterocycles. The summed E-state index contributed by atoms with van der Waals surface area (Å²) < 4.78 is 46.3. The monoisotopic (exact) mass is 594 g/mol. The molecule has 9 nitrogen and oxygen atoms in total. The van der Waals surface area contributed by atoms with Crippen molar-refractivity contribution < 1.29 is 27.1 Å². The second kappa shape index (κ2) is 13.6. The van der Waals surface area contributed by atoms with Crippen LogP contribution in [0, 0.1) is 5.82 Å².